The molecule has 0 spiro atoms. The zero-order chi connectivity index (χ0) is 24.6. The Labute approximate surface area is 196 Å². The molecule has 0 radical (unpaired) electrons. The number of nitrogens with one attached hydrogen (secondary N) is 1. The third-order valence-corrected chi connectivity index (χ3v) is 6.59. The summed E-state index contributed by atoms with van der Waals surface area (Å²) in [5.41, 5.74) is 2.08. The molecule has 0 bridgehead atoms. The van der Waals surface area contributed by atoms with Gasteiger partial charge in [-0.25, -0.2) is 8.42 Å². The molecule has 2 aromatic carbocycles. The maximum absolute atomic E-state index is 13.5. The number of ether oxygens (including phenoxy) is 1. The van der Waals surface area contributed by atoms with Crippen LogP contribution in [0.2, 0.25) is 0 Å². The van der Waals surface area contributed by atoms with Gasteiger partial charge in [0.05, 0.1) is 19.1 Å². The number of nitrogens with zero attached hydrogens (tertiary/aromatic N) is 2. The average Bonchev–Trinajstić information content (AvgIpc) is 2.81. The van der Waals surface area contributed by atoms with Gasteiger partial charge in [-0.05, 0) is 42.2 Å². The first-order chi connectivity index (χ1) is 15.7. The van der Waals surface area contributed by atoms with Crippen molar-refractivity contribution in [2.45, 2.75) is 39.3 Å². The monoisotopic (exact) mass is 475 g/mol. The normalized spacial score (nSPS) is 12.0. The number of anilines is 1. The molecule has 2 amide bonds. The molecule has 33 heavy (non-hydrogen) atoms. The van der Waals surface area contributed by atoms with Crippen LogP contribution in [-0.4, -0.2) is 58.1 Å². The molecule has 180 valence electrons. The van der Waals surface area contributed by atoms with E-state index in [4.69, 9.17) is 4.74 Å². The van der Waals surface area contributed by atoms with Gasteiger partial charge < -0.3 is 15.0 Å². The maximum Gasteiger partial charge on any atom is 0.244 e. The summed E-state index contributed by atoms with van der Waals surface area (Å²) in [7, 11) is -0.668. The fraction of sp³-hybridized carbons (Fsp3) is 0.417. The van der Waals surface area contributed by atoms with E-state index >= 15 is 0 Å². The summed E-state index contributed by atoms with van der Waals surface area (Å²) in [6.45, 7) is 3.49. The fourth-order valence-corrected chi connectivity index (χ4v) is 4.54. The lowest BCUT2D eigenvalue weighted by Gasteiger charge is -2.33. The van der Waals surface area contributed by atoms with E-state index in [0.717, 1.165) is 21.7 Å². The SMILES string of the molecule is CCc1ccccc1N(CC(=O)N(Cc1ccc(OC)cc1)[C@@H](CC)C(=O)NC)S(C)(=O)=O. The summed E-state index contributed by atoms with van der Waals surface area (Å²) in [5, 5.41) is 2.60. The smallest absolute Gasteiger partial charge is 0.244 e. The minimum absolute atomic E-state index is 0.155. The van der Waals surface area contributed by atoms with Gasteiger partial charge in [-0.3, -0.25) is 13.9 Å². The minimum Gasteiger partial charge on any atom is -0.497 e. The number of hydrogen-bond acceptors (Lipinski definition) is 5. The predicted molar refractivity (Wildman–Crippen MR) is 130 cm³/mol. The van der Waals surface area contributed by atoms with E-state index < -0.39 is 28.5 Å². The quantitative estimate of drug-likeness (QED) is 0.539. The second-order valence-electron chi connectivity index (χ2n) is 7.66. The van der Waals surface area contributed by atoms with Crippen LogP contribution in [-0.2, 0) is 32.6 Å². The summed E-state index contributed by atoms with van der Waals surface area (Å²) >= 11 is 0. The van der Waals surface area contributed by atoms with Crippen molar-refractivity contribution in [2.75, 3.05) is 31.3 Å². The molecule has 9 heteroatoms. The van der Waals surface area contributed by atoms with Crippen molar-refractivity contribution in [1.82, 2.24) is 10.2 Å². The lowest BCUT2D eigenvalue weighted by Crippen LogP contribution is -2.51. The maximum atomic E-state index is 13.5. The fourth-order valence-electron chi connectivity index (χ4n) is 3.66. The molecule has 1 atom stereocenters. The van der Waals surface area contributed by atoms with E-state index in [0.29, 0.717) is 24.3 Å². The first kappa shape index (κ1) is 26.2. The molecule has 1 N–H and O–H groups in total. The molecule has 0 saturated carbocycles. The molecular formula is C24H33N3O5S. The Morgan fingerprint density at radius 3 is 2.21 bits per heavy atom. The van der Waals surface area contributed by atoms with Crippen LogP contribution in [0.15, 0.2) is 48.5 Å². The highest BCUT2D eigenvalue weighted by atomic mass is 32.2. The number of carbonyl (C=O) groups excluding carboxylic acids is 2. The zero-order valence-electron chi connectivity index (χ0n) is 19.9. The summed E-state index contributed by atoms with van der Waals surface area (Å²) in [6, 6.07) is 13.5. The Morgan fingerprint density at radius 2 is 1.70 bits per heavy atom. The van der Waals surface area contributed by atoms with Crippen molar-refractivity contribution in [1.29, 1.82) is 0 Å². The average molecular weight is 476 g/mol. The largest absolute Gasteiger partial charge is 0.497 e. The summed E-state index contributed by atoms with van der Waals surface area (Å²) < 4.78 is 31.7. The van der Waals surface area contributed by atoms with Crippen LogP contribution in [0.1, 0.15) is 31.4 Å². The van der Waals surface area contributed by atoms with Crippen molar-refractivity contribution >= 4 is 27.5 Å². The van der Waals surface area contributed by atoms with Crippen LogP contribution in [0.25, 0.3) is 0 Å². The van der Waals surface area contributed by atoms with E-state index in [1.807, 2.05) is 38.1 Å². The van der Waals surface area contributed by atoms with Crippen molar-refractivity contribution in [3.05, 3.63) is 59.7 Å². The molecule has 0 heterocycles. The minimum atomic E-state index is -3.75. The first-order valence-electron chi connectivity index (χ1n) is 10.9. The molecule has 2 aromatic rings. The van der Waals surface area contributed by atoms with Crippen LogP contribution in [0.5, 0.6) is 5.75 Å². The van der Waals surface area contributed by atoms with Gasteiger partial charge in [0.1, 0.15) is 18.3 Å². The number of methoxy groups -OCH3 is 1. The van der Waals surface area contributed by atoms with Crippen molar-refractivity contribution < 1.29 is 22.7 Å². The van der Waals surface area contributed by atoms with Gasteiger partial charge >= 0.3 is 0 Å². The number of aryl methyl sites for hydroxylation is 1. The topological polar surface area (TPSA) is 96.0 Å². The van der Waals surface area contributed by atoms with Crippen LogP contribution in [0.3, 0.4) is 0 Å². The molecule has 2 rings (SSSR count). The van der Waals surface area contributed by atoms with E-state index in [2.05, 4.69) is 5.32 Å². The summed E-state index contributed by atoms with van der Waals surface area (Å²) in [4.78, 5) is 27.6. The second kappa shape index (κ2) is 11.7. The van der Waals surface area contributed by atoms with Crippen LogP contribution in [0.4, 0.5) is 5.69 Å². The third kappa shape index (κ3) is 6.71. The molecule has 0 aliphatic carbocycles. The third-order valence-electron chi connectivity index (χ3n) is 5.46. The highest BCUT2D eigenvalue weighted by molar-refractivity contribution is 7.92. The van der Waals surface area contributed by atoms with Gasteiger partial charge in [0.25, 0.3) is 0 Å². The highest BCUT2D eigenvalue weighted by Gasteiger charge is 2.31. The Bertz CT molecular complexity index is 1050. The first-order valence-corrected chi connectivity index (χ1v) is 12.7. The van der Waals surface area contributed by atoms with Gasteiger partial charge in [0, 0.05) is 13.6 Å². The van der Waals surface area contributed by atoms with Crippen LogP contribution < -0.4 is 14.4 Å². The molecule has 0 aliphatic rings. The van der Waals surface area contributed by atoms with Crippen molar-refractivity contribution in [3.8, 4) is 5.75 Å². The van der Waals surface area contributed by atoms with Gasteiger partial charge in [0.15, 0.2) is 0 Å². The van der Waals surface area contributed by atoms with Gasteiger partial charge in [0.2, 0.25) is 21.8 Å². The molecule has 0 aliphatic heterocycles. The van der Waals surface area contributed by atoms with Crippen LogP contribution in [0, 0.1) is 0 Å². The van der Waals surface area contributed by atoms with Gasteiger partial charge in [-0.2, -0.15) is 0 Å². The summed E-state index contributed by atoms with van der Waals surface area (Å²) in [6.07, 6.45) is 2.07. The lowest BCUT2D eigenvalue weighted by atomic mass is 10.1. The Kier molecular flexibility index (Phi) is 9.28. The van der Waals surface area contributed by atoms with E-state index in [-0.39, 0.29) is 12.5 Å². The molecule has 0 saturated heterocycles. The zero-order valence-corrected chi connectivity index (χ0v) is 20.7. The number of sulfonamides is 1. The Morgan fingerprint density at radius 1 is 1.06 bits per heavy atom. The summed E-state index contributed by atoms with van der Waals surface area (Å²) in [5.74, 6) is -0.0915. The molecule has 0 fully saturated rings. The van der Waals surface area contributed by atoms with Gasteiger partial charge in [-0.15, -0.1) is 0 Å². The van der Waals surface area contributed by atoms with Crippen molar-refractivity contribution in [2.24, 2.45) is 0 Å². The number of para-hydroxylation sites is 1. The van der Waals surface area contributed by atoms with Crippen molar-refractivity contribution in [3.63, 3.8) is 0 Å². The van der Waals surface area contributed by atoms with Crippen LogP contribution >= 0.6 is 0 Å². The van der Waals surface area contributed by atoms with Gasteiger partial charge in [-0.1, -0.05) is 44.2 Å². The number of hydrogen-bond donors (Lipinski definition) is 1. The second-order valence-corrected chi connectivity index (χ2v) is 9.57. The van der Waals surface area contributed by atoms with E-state index in [9.17, 15) is 18.0 Å². The molecule has 0 unspecified atom stereocenters. The number of rotatable bonds is 11. The van der Waals surface area contributed by atoms with E-state index in [1.165, 1.54) is 11.9 Å². The molecular weight excluding hydrogens is 442 g/mol. The molecule has 0 aromatic heterocycles. The standard InChI is InChI=1S/C24H33N3O5S/c1-6-19-10-8-9-11-22(19)27(33(5,30)31)17-23(28)26(21(7-2)24(29)25-3)16-18-12-14-20(32-4)15-13-18/h8-15,21H,6-7,16-17H2,1-5H3,(H,25,29)/t21-/m0/s1. The lowest BCUT2D eigenvalue weighted by molar-refractivity contribution is -0.140. The van der Waals surface area contributed by atoms with E-state index in [1.54, 1.807) is 31.4 Å². The number of benzene rings is 2. The number of carbonyl (C=O) groups is 2. The Hall–Kier alpha value is -3.07. The number of likely N-dealkylation sites (N-methyl/N-ethyl adjacent to an activating group) is 1. The molecule has 8 nitrogen and oxygen atoms in total. The Balaban J connectivity index is 2.45. The highest BCUT2D eigenvalue weighted by Crippen LogP contribution is 2.24. The predicted octanol–water partition coefficient (Wildman–Crippen LogP) is 2.58. The number of amides is 2.